The minimum Gasteiger partial charge on any atom is -0.462 e. The highest BCUT2D eigenvalue weighted by molar-refractivity contribution is 7.62. The van der Waals surface area contributed by atoms with Crippen molar-refractivity contribution in [3.63, 3.8) is 0 Å². The van der Waals surface area contributed by atoms with E-state index in [1.807, 2.05) is 13.8 Å². The van der Waals surface area contributed by atoms with Crippen LogP contribution in [-0.4, -0.2) is 38.4 Å². The summed E-state index contributed by atoms with van der Waals surface area (Å²) in [4.78, 5) is 24.5. The van der Waals surface area contributed by atoms with Crippen molar-refractivity contribution in [2.45, 2.75) is 53.4 Å². The Morgan fingerprint density at radius 1 is 0.786 bits per heavy atom. The van der Waals surface area contributed by atoms with Gasteiger partial charge in [-0.3, -0.25) is 4.57 Å². The number of esters is 2. The molecule has 0 bridgehead atoms. The van der Waals surface area contributed by atoms with Crippen LogP contribution in [0.3, 0.4) is 0 Å². The van der Waals surface area contributed by atoms with Crippen molar-refractivity contribution in [2.75, 3.05) is 26.4 Å². The van der Waals surface area contributed by atoms with Crippen LogP contribution in [0.15, 0.2) is 18.2 Å². The van der Waals surface area contributed by atoms with Crippen LogP contribution in [0.2, 0.25) is 0 Å². The Balaban J connectivity index is 3.36. The second-order valence-corrected chi connectivity index (χ2v) is 8.11. The average molecular weight is 414 g/mol. The van der Waals surface area contributed by atoms with Crippen molar-refractivity contribution in [3.8, 4) is 0 Å². The quantitative estimate of drug-likeness (QED) is 0.267. The zero-order chi connectivity index (χ0) is 21.0. The molecule has 0 aliphatic carbocycles. The normalized spacial score (nSPS) is 11.3. The van der Waals surface area contributed by atoms with Crippen LogP contribution >= 0.6 is 7.60 Å². The molecule has 0 saturated carbocycles. The number of hydrogen-bond donors (Lipinski definition) is 0. The first kappa shape index (κ1) is 24.3. The van der Waals surface area contributed by atoms with Crippen molar-refractivity contribution in [2.24, 2.45) is 0 Å². The van der Waals surface area contributed by atoms with E-state index in [1.165, 1.54) is 18.2 Å². The number of unbranched alkanes of at least 4 members (excludes halogenated alkanes) is 2. The molecule has 0 radical (unpaired) electrons. The molecule has 0 N–H and O–H groups in total. The summed E-state index contributed by atoms with van der Waals surface area (Å²) in [6.07, 6.45) is 3.16. The number of carbonyl (C=O) groups excluding carboxylic acids is 2. The molecule has 0 aromatic heterocycles. The second kappa shape index (κ2) is 12.7. The summed E-state index contributed by atoms with van der Waals surface area (Å²) in [6, 6.07) is 4.17. The van der Waals surface area contributed by atoms with Crippen molar-refractivity contribution in [3.05, 3.63) is 29.3 Å². The third-order valence-electron chi connectivity index (χ3n) is 3.77. The lowest BCUT2D eigenvalue weighted by molar-refractivity contribution is 0.0525. The molecule has 1 aromatic rings. The Morgan fingerprint density at radius 2 is 1.21 bits per heavy atom. The lowest BCUT2D eigenvalue weighted by Crippen LogP contribution is -2.18. The molecular weight excluding hydrogens is 383 g/mol. The van der Waals surface area contributed by atoms with Crippen molar-refractivity contribution in [1.82, 2.24) is 0 Å². The molecule has 0 heterocycles. The highest BCUT2D eigenvalue weighted by Crippen LogP contribution is 2.47. The molecule has 28 heavy (non-hydrogen) atoms. The van der Waals surface area contributed by atoms with Crippen LogP contribution in [0.5, 0.6) is 0 Å². The summed E-state index contributed by atoms with van der Waals surface area (Å²) in [7, 11) is -3.72. The van der Waals surface area contributed by atoms with Gasteiger partial charge in [0.25, 0.3) is 0 Å². The van der Waals surface area contributed by atoms with Gasteiger partial charge in [0.1, 0.15) is 0 Å². The van der Waals surface area contributed by atoms with Crippen LogP contribution in [0.4, 0.5) is 0 Å². The first-order valence-electron chi connectivity index (χ1n) is 9.80. The first-order chi connectivity index (χ1) is 13.4. The van der Waals surface area contributed by atoms with Crippen molar-refractivity contribution in [1.29, 1.82) is 0 Å². The molecule has 0 amide bonds. The molecule has 0 spiro atoms. The molecule has 0 saturated heterocycles. The molecule has 0 unspecified atom stereocenters. The fraction of sp³-hybridized carbons (Fsp3) is 0.600. The highest BCUT2D eigenvalue weighted by Gasteiger charge is 2.30. The monoisotopic (exact) mass is 414 g/mol. The van der Waals surface area contributed by atoms with Gasteiger partial charge in [-0.15, -0.1) is 0 Å². The molecule has 0 fully saturated rings. The van der Waals surface area contributed by atoms with E-state index in [-0.39, 0.29) is 42.9 Å². The topological polar surface area (TPSA) is 88.1 Å². The molecule has 7 nitrogen and oxygen atoms in total. The molecule has 0 aliphatic rings. The smallest absolute Gasteiger partial charge is 0.361 e. The second-order valence-electron chi connectivity index (χ2n) is 6.08. The van der Waals surface area contributed by atoms with Crippen LogP contribution in [-0.2, 0) is 23.1 Å². The average Bonchev–Trinajstić information content (AvgIpc) is 2.68. The Morgan fingerprint density at radius 3 is 1.57 bits per heavy atom. The van der Waals surface area contributed by atoms with Crippen LogP contribution in [0.1, 0.15) is 74.1 Å². The van der Waals surface area contributed by atoms with Gasteiger partial charge in [0.2, 0.25) is 0 Å². The van der Waals surface area contributed by atoms with Gasteiger partial charge >= 0.3 is 19.5 Å². The lowest BCUT2D eigenvalue weighted by Gasteiger charge is -2.20. The summed E-state index contributed by atoms with van der Waals surface area (Å²) in [5.74, 6) is -1.24. The van der Waals surface area contributed by atoms with Gasteiger partial charge in [0.15, 0.2) is 0 Å². The zero-order valence-corrected chi connectivity index (χ0v) is 18.1. The van der Waals surface area contributed by atoms with E-state index in [0.717, 1.165) is 12.8 Å². The summed E-state index contributed by atoms with van der Waals surface area (Å²) in [5.41, 5.74) is 0.196. The Bertz CT molecular complexity index is 637. The van der Waals surface area contributed by atoms with Gasteiger partial charge in [-0.25, -0.2) is 9.59 Å². The predicted molar refractivity (Wildman–Crippen MR) is 107 cm³/mol. The Kier molecular flexibility index (Phi) is 11.0. The fourth-order valence-electron chi connectivity index (χ4n) is 2.28. The van der Waals surface area contributed by atoms with E-state index in [1.54, 1.807) is 13.8 Å². The molecule has 0 atom stereocenters. The van der Waals surface area contributed by atoms with E-state index < -0.39 is 19.5 Å². The number of hydrogen-bond acceptors (Lipinski definition) is 7. The number of rotatable bonds is 13. The maximum atomic E-state index is 13.5. The van der Waals surface area contributed by atoms with E-state index in [9.17, 15) is 14.2 Å². The molecule has 1 aromatic carbocycles. The van der Waals surface area contributed by atoms with Crippen LogP contribution in [0, 0.1) is 0 Å². The van der Waals surface area contributed by atoms with Gasteiger partial charge < -0.3 is 18.5 Å². The Hall–Kier alpha value is -1.69. The van der Waals surface area contributed by atoms with E-state index >= 15 is 0 Å². The van der Waals surface area contributed by atoms with E-state index in [0.29, 0.717) is 12.8 Å². The third kappa shape index (κ3) is 7.38. The first-order valence-corrected chi connectivity index (χ1v) is 11.3. The van der Waals surface area contributed by atoms with Gasteiger partial charge in [0.05, 0.1) is 42.9 Å². The Labute approximate surface area is 167 Å². The van der Waals surface area contributed by atoms with Crippen LogP contribution < -0.4 is 5.30 Å². The molecule has 8 heteroatoms. The maximum absolute atomic E-state index is 13.5. The third-order valence-corrected chi connectivity index (χ3v) is 5.71. The minimum atomic E-state index is -3.72. The maximum Gasteiger partial charge on any atom is 0.361 e. The number of benzene rings is 1. The predicted octanol–water partition coefficient (Wildman–Crippen LogP) is 4.49. The van der Waals surface area contributed by atoms with Gasteiger partial charge in [0, 0.05) is 0 Å². The van der Waals surface area contributed by atoms with E-state index in [4.69, 9.17) is 18.5 Å². The lowest BCUT2D eigenvalue weighted by atomic mass is 10.1. The molecular formula is C20H31O7P. The summed E-state index contributed by atoms with van der Waals surface area (Å²) < 4.78 is 34.8. The fourth-order valence-corrected chi connectivity index (χ4v) is 3.98. The van der Waals surface area contributed by atoms with Gasteiger partial charge in [-0.2, -0.15) is 0 Å². The van der Waals surface area contributed by atoms with Crippen molar-refractivity contribution < 1.29 is 32.7 Å². The van der Waals surface area contributed by atoms with Crippen LogP contribution in [0.25, 0.3) is 0 Å². The minimum absolute atomic E-state index is 0.0980. The largest absolute Gasteiger partial charge is 0.462 e. The van der Waals surface area contributed by atoms with Gasteiger partial charge in [-0.05, 0) is 44.9 Å². The summed E-state index contributed by atoms with van der Waals surface area (Å²) in [5, 5.41) is 0.147. The SMILES string of the molecule is CCCCOP(=O)(OCCCC)c1cc(C(=O)OCC)cc(C(=O)OCC)c1. The molecule has 1 rings (SSSR count). The standard InChI is InChI=1S/C20H31O7P/c1-5-9-11-26-28(23,27-12-10-6-2)18-14-16(19(21)24-7-3)13-17(15-18)20(22)25-8-4/h13-15H,5-12H2,1-4H3. The highest BCUT2D eigenvalue weighted by atomic mass is 31.2. The zero-order valence-electron chi connectivity index (χ0n) is 17.2. The summed E-state index contributed by atoms with van der Waals surface area (Å²) in [6.45, 7) is 8.20. The summed E-state index contributed by atoms with van der Waals surface area (Å²) >= 11 is 0. The van der Waals surface area contributed by atoms with E-state index in [2.05, 4.69) is 0 Å². The number of ether oxygens (including phenoxy) is 2. The van der Waals surface area contributed by atoms with Gasteiger partial charge in [-0.1, -0.05) is 26.7 Å². The number of carbonyl (C=O) groups is 2. The molecule has 158 valence electrons. The van der Waals surface area contributed by atoms with Crippen molar-refractivity contribution >= 4 is 24.8 Å². The molecule has 0 aliphatic heterocycles.